The number of carboxylic acids is 1. The minimum absolute atomic E-state index is 0.324. The molecule has 1 N–H and O–H groups in total. The molecule has 0 radical (unpaired) electrons. The number of hydrogen-bond acceptors (Lipinski definition) is 1. The topological polar surface area (TPSA) is 37.3 Å². The molecule has 0 aliphatic heterocycles. The summed E-state index contributed by atoms with van der Waals surface area (Å²) < 4.78 is 0. The quantitative estimate of drug-likeness (QED) is 0.315. The fourth-order valence-corrected chi connectivity index (χ4v) is 2.40. The number of allylic oxidation sites excluding steroid dienone is 2. The van der Waals surface area contributed by atoms with Gasteiger partial charge >= 0.3 is 5.97 Å². The Morgan fingerprint density at radius 2 is 1.65 bits per heavy atom. The molecule has 2 heteroatoms. The summed E-state index contributed by atoms with van der Waals surface area (Å²) in [4.78, 5) is 10.4. The largest absolute Gasteiger partial charge is 0.481 e. The molecule has 0 spiro atoms. The highest BCUT2D eigenvalue weighted by Crippen LogP contribution is 2.15. The fraction of sp³-hybridized carbons (Fsp3) is 0.833. The van der Waals surface area contributed by atoms with E-state index in [0.29, 0.717) is 6.42 Å². The number of aliphatic carboxylic acids is 1. The molecule has 0 unspecified atom stereocenters. The van der Waals surface area contributed by atoms with E-state index >= 15 is 0 Å². The Labute approximate surface area is 125 Å². The van der Waals surface area contributed by atoms with Gasteiger partial charge in [-0.15, -0.1) is 0 Å². The first-order chi connectivity index (χ1) is 9.66. The summed E-state index contributed by atoms with van der Waals surface area (Å²) in [6, 6.07) is 0. The van der Waals surface area contributed by atoms with Crippen LogP contribution in [0.5, 0.6) is 0 Å². The van der Waals surface area contributed by atoms with Gasteiger partial charge in [0.15, 0.2) is 0 Å². The summed E-state index contributed by atoms with van der Waals surface area (Å²) in [7, 11) is 0. The van der Waals surface area contributed by atoms with Crippen molar-refractivity contribution in [2.45, 2.75) is 90.9 Å². The van der Waals surface area contributed by atoms with Gasteiger partial charge in [-0.1, -0.05) is 64.5 Å². The Morgan fingerprint density at radius 3 is 2.35 bits per heavy atom. The maximum atomic E-state index is 10.4. The second-order valence-corrected chi connectivity index (χ2v) is 6.00. The van der Waals surface area contributed by atoms with Crippen molar-refractivity contribution in [3.8, 4) is 0 Å². The van der Waals surface area contributed by atoms with E-state index in [4.69, 9.17) is 5.11 Å². The Bertz CT molecular complexity index is 246. The molecule has 118 valence electrons. The molecule has 0 aromatic rings. The van der Waals surface area contributed by atoms with Gasteiger partial charge in [-0.05, 0) is 38.0 Å². The van der Waals surface area contributed by atoms with E-state index < -0.39 is 5.97 Å². The molecular weight excluding hydrogens is 248 g/mol. The highest BCUT2D eigenvalue weighted by molar-refractivity contribution is 5.66. The average Bonchev–Trinajstić information content (AvgIpc) is 2.41. The first-order valence-electron chi connectivity index (χ1n) is 8.53. The number of unbranched alkanes of at least 4 members (excludes halogenated alkanes) is 6. The number of rotatable bonds is 14. The van der Waals surface area contributed by atoms with Crippen molar-refractivity contribution in [3.05, 3.63) is 12.2 Å². The lowest BCUT2D eigenvalue weighted by Crippen LogP contribution is -1.97. The Balaban J connectivity index is 3.29. The molecular formula is C18H34O2. The third-order valence-corrected chi connectivity index (χ3v) is 3.80. The predicted octanol–water partition coefficient (Wildman–Crippen LogP) is 5.96. The molecule has 0 amide bonds. The monoisotopic (exact) mass is 282 g/mol. The van der Waals surface area contributed by atoms with Crippen molar-refractivity contribution in [2.75, 3.05) is 0 Å². The van der Waals surface area contributed by atoms with Gasteiger partial charge in [0.1, 0.15) is 0 Å². The Hall–Kier alpha value is -0.790. The molecule has 0 rings (SSSR count). The van der Waals surface area contributed by atoms with Crippen LogP contribution < -0.4 is 0 Å². The van der Waals surface area contributed by atoms with E-state index in [1.54, 1.807) is 0 Å². The van der Waals surface area contributed by atoms with Crippen molar-refractivity contribution >= 4 is 5.97 Å². The van der Waals surface area contributed by atoms with E-state index in [9.17, 15) is 4.79 Å². The molecule has 0 saturated heterocycles. The van der Waals surface area contributed by atoms with Crippen LogP contribution in [-0.4, -0.2) is 11.1 Å². The van der Waals surface area contributed by atoms with Crippen LogP contribution in [0.3, 0.4) is 0 Å². The van der Waals surface area contributed by atoms with Gasteiger partial charge in [-0.2, -0.15) is 0 Å². The standard InChI is InChI=1S/C18H34O2/c1-3-4-5-6-7-8-9-10-11-14-17(2)15-12-13-16-18(19)20/h9-10,17H,3-8,11-16H2,1-2H3,(H,19,20)/b10-9+/t17-/m1/s1. The van der Waals surface area contributed by atoms with Crippen LogP contribution in [0.2, 0.25) is 0 Å². The minimum atomic E-state index is -0.667. The van der Waals surface area contributed by atoms with E-state index in [1.807, 2.05) is 0 Å². The third kappa shape index (κ3) is 15.3. The van der Waals surface area contributed by atoms with Gasteiger partial charge in [-0.3, -0.25) is 4.79 Å². The maximum Gasteiger partial charge on any atom is 0.303 e. The van der Waals surface area contributed by atoms with Crippen molar-refractivity contribution in [1.82, 2.24) is 0 Å². The molecule has 0 aromatic heterocycles. The Morgan fingerprint density at radius 1 is 0.950 bits per heavy atom. The molecule has 0 heterocycles. The van der Waals surface area contributed by atoms with E-state index in [0.717, 1.165) is 25.2 Å². The molecule has 0 saturated carbocycles. The Kier molecular flexibility index (Phi) is 14.0. The van der Waals surface area contributed by atoms with Crippen molar-refractivity contribution in [3.63, 3.8) is 0 Å². The first-order valence-corrected chi connectivity index (χ1v) is 8.53. The zero-order valence-corrected chi connectivity index (χ0v) is 13.6. The number of hydrogen-bond donors (Lipinski definition) is 1. The number of carbonyl (C=O) groups is 1. The third-order valence-electron chi connectivity index (χ3n) is 3.80. The highest BCUT2D eigenvalue weighted by atomic mass is 16.4. The second kappa shape index (κ2) is 14.6. The fourth-order valence-electron chi connectivity index (χ4n) is 2.40. The SMILES string of the molecule is CCCCCCC/C=C/CC[C@@H](C)CCCCC(=O)O. The van der Waals surface area contributed by atoms with Gasteiger partial charge in [0.05, 0.1) is 0 Å². The highest BCUT2D eigenvalue weighted by Gasteiger charge is 2.02. The maximum absolute atomic E-state index is 10.4. The van der Waals surface area contributed by atoms with E-state index in [1.165, 1.54) is 51.4 Å². The van der Waals surface area contributed by atoms with Crippen LogP contribution in [0.15, 0.2) is 12.2 Å². The molecule has 0 aliphatic rings. The van der Waals surface area contributed by atoms with Gasteiger partial charge in [0.25, 0.3) is 0 Å². The van der Waals surface area contributed by atoms with Gasteiger partial charge in [0.2, 0.25) is 0 Å². The summed E-state index contributed by atoms with van der Waals surface area (Å²) in [6.07, 6.45) is 18.5. The second-order valence-electron chi connectivity index (χ2n) is 6.00. The molecule has 1 atom stereocenters. The number of carboxylic acid groups (broad SMARTS) is 1. The molecule has 0 aliphatic carbocycles. The zero-order valence-electron chi connectivity index (χ0n) is 13.6. The molecule has 0 aromatic carbocycles. The van der Waals surface area contributed by atoms with Crippen LogP contribution in [0.1, 0.15) is 90.9 Å². The lowest BCUT2D eigenvalue weighted by molar-refractivity contribution is -0.137. The summed E-state index contributed by atoms with van der Waals surface area (Å²) in [6.45, 7) is 4.53. The zero-order chi connectivity index (χ0) is 15.1. The molecule has 20 heavy (non-hydrogen) atoms. The lowest BCUT2D eigenvalue weighted by Gasteiger charge is -2.08. The predicted molar refractivity (Wildman–Crippen MR) is 87.0 cm³/mol. The summed E-state index contributed by atoms with van der Waals surface area (Å²) >= 11 is 0. The van der Waals surface area contributed by atoms with Gasteiger partial charge in [-0.25, -0.2) is 0 Å². The van der Waals surface area contributed by atoms with Crippen LogP contribution in [0.25, 0.3) is 0 Å². The summed E-state index contributed by atoms with van der Waals surface area (Å²) in [5.41, 5.74) is 0. The normalized spacial score (nSPS) is 12.9. The molecule has 2 nitrogen and oxygen atoms in total. The van der Waals surface area contributed by atoms with E-state index in [-0.39, 0.29) is 0 Å². The van der Waals surface area contributed by atoms with Crippen LogP contribution in [0.4, 0.5) is 0 Å². The van der Waals surface area contributed by atoms with Crippen LogP contribution in [0, 0.1) is 5.92 Å². The summed E-state index contributed by atoms with van der Waals surface area (Å²) in [5, 5.41) is 8.56. The smallest absolute Gasteiger partial charge is 0.303 e. The van der Waals surface area contributed by atoms with Crippen LogP contribution >= 0.6 is 0 Å². The average molecular weight is 282 g/mol. The first kappa shape index (κ1) is 19.2. The van der Waals surface area contributed by atoms with Crippen molar-refractivity contribution in [2.24, 2.45) is 5.92 Å². The van der Waals surface area contributed by atoms with Gasteiger partial charge in [0, 0.05) is 6.42 Å². The van der Waals surface area contributed by atoms with Gasteiger partial charge < -0.3 is 5.11 Å². The molecule has 0 fully saturated rings. The van der Waals surface area contributed by atoms with Crippen molar-refractivity contribution < 1.29 is 9.90 Å². The lowest BCUT2D eigenvalue weighted by atomic mass is 9.98. The summed E-state index contributed by atoms with van der Waals surface area (Å²) in [5.74, 6) is 0.0533. The van der Waals surface area contributed by atoms with E-state index in [2.05, 4.69) is 26.0 Å². The van der Waals surface area contributed by atoms with Crippen LogP contribution in [-0.2, 0) is 4.79 Å². The molecule has 0 bridgehead atoms. The minimum Gasteiger partial charge on any atom is -0.481 e. The van der Waals surface area contributed by atoms with Crippen molar-refractivity contribution in [1.29, 1.82) is 0 Å².